The van der Waals surface area contributed by atoms with Gasteiger partial charge in [0.25, 0.3) is 5.95 Å². The quantitative estimate of drug-likeness (QED) is 0.492. The van der Waals surface area contributed by atoms with Gasteiger partial charge in [-0.2, -0.15) is 0 Å². The third kappa shape index (κ3) is 6.90. The molecular formula is C8H15NO2. The van der Waals surface area contributed by atoms with E-state index >= 15 is 0 Å². The van der Waals surface area contributed by atoms with Gasteiger partial charge in [-0.1, -0.05) is 20.8 Å². The number of aliphatic imine (C=N–C) groups is 1. The Morgan fingerprint density at radius 1 is 1.45 bits per heavy atom. The fourth-order valence-corrected chi connectivity index (χ4v) is 0.377. The zero-order chi connectivity index (χ0) is 8.91. The molecule has 3 heteroatoms. The minimum atomic E-state index is -0.175. The van der Waals surface area contributed by atoms with Crippen molar-refractivity contribution in [2.45, 2.75) is 20.8 Å². The van der Waals surface area contributed by atoms with E-state index in [2.05, 4.69) is 9.73 Å². The molecule has 0 aromatic carbocycles. The highest BCUT2D eigenvalue weighted by Gasteiger charge is 2.03. The second-order valence-corrected chi connectivity index (χ2v) is 3.32. The standard InChI is InChI=1S/C8H15NO2/c1-8(2,3)6-9-5-7(10)11-4/h5-6,10H,1-4H3/b7-5-,9-6?. The summed E-state index contributed by atoms with van der Waals surface area (Å²) in [5, 5.41) is 8.78. The molecule has 0 rings (SSSR count). The molecule has 11 heavy (non-hydrogen) atoms. The molecule has 0 saturated heterocycles. The molecule has 0 amide bonds. The summed E-state index contributed by atoms with van der Waals surface area (Å²) in [6.07, 6.45) is 3.01. The monoisotopic (exact) mass is 157 g/mol. The van der Waals surface area contributed by atoms with E-state index in [1.165, 1.54) is 13.3 Å². The van der Waals surface area contributed by atoms with Gasteiger partial charge in [0.15, 0.2) is 0 Å². The fourth-order valence-electron chi connectivity index (χ4n) is 0.377. The number of nitrogens with zero attached hydrogens (tertiary/aromatic N) is 1. The molecule has 0 aromatic rings. The van der Waals surface area contributed by atoms with Gasteiger partial charge in [-0.25, -0.2) is 0 Å². The van der Waals surface area contributed by atoms with Crippen molar-refractivity contribution in [3.05, 3.63) is 12.1 Å². The van der Waals surface area contributed by atoms with Crippen LogP contribution < -0.4 is 0 Å². The van der Waals surface area contributed by atoms with E-state index in [0.29, 0.717) is 0 Å². The van der Waals surface area contributed by atoms with Gasteiger partial charge in [-0.15, -0.1) is 0 Å². The molecule has 0 bridgehead atoms. The van der Waals surface area contributed by atoms with E-state index in [1.54, 1.807) is 6.21 Å². The number of aliphatic hydroxyl groups excluding tert-OH is 1. The Balaban J connectivity index is 3.96. The molecule has 0 aliphatic heterocycles. The van der Waals surface area contributed by atoms with Crippen LogP contribution in [0.1, 0.15) is 20.8 Å². The Labute approximate surface area is 67.4 Å². The summed E-state index contributed by atoms with van der Waals surface area (Å²) in [4.78, 5) is 3.85. The predicted molar refractivity (Wildman–Crippen MR) is 45.7 cm³/mol. The summed E-state index contributed by atoms with van der Waals surface area (Å²) in [6, 6.07) is 0. The lowest BCUT2D eigenvalue weighted by Gasteiger charge is -2.08. The van der Waals surface area contributed by atoms with Gasteiger partial charge in [-0.05, 0) is 5.41 Å². The average molecular weight is 157 g/mol. The lowest BCUT2D eigenvalue weighted by molar-refractivity contribution is 0.135. The third-order valence-corrected chi connectivity index (χ3v) is 0.856. The second kappa shape index (κ2) is 4.01. The van der Waals surface area contributed by atoms with E-state index in [1.807, 2.05) is 20.8 Å². The van der Waals surface area contributed by atoms with E-state index < -0.39 is 0 Å². The van der Waals surface area contributed by atoms with Crippen LogP contribution in [0.4, 0.5) is 0 Å². The van der Waals surface area contributed by atoms with Gasteiger partial charge in [0, 0.05) is 6.21 Å². The van der Waals surface area contributed by atoms with Crippen LogP contribution >= 0.6 is 0 Å². The maximum absolute atomic E-state index is 8.78. The number of rotatable bonds is 2. The van der Waals surface area contributed by atoms with Crippen LogP contribution in [0.15, 0.2) is 17.1 Å². The molecule has 64 valence electrons. The summed E-state index contributed by atoms with van der Waals surface area (Å²) in [6.45, 7) is 6.07. The molecule has 0 aromatic heterocycles. The molecular weight excluding hydrogens is 142 g/mol. The lowest BCUT2D eigenvalue weighted by Crippen LogP contribution is -2.05. The number of aliphatic hydroxyl groups is 1. The maximum atomic E-state index is 8.78. The minimum Gasteiger partial charge on any atom is -0.480 e. The smallest absolute Gasteiger partial charge is 0.295 e. The molecule has 0 aliphatic carbocycles. The van der Waals surface area contributed by atoms with Crippen molar-refractivity contribution < 1.29 is 9.84 Å². The first-order chi connectivity index (χ1) is 4.95. The SMILES string of the molecule is CO/C(O)=C\N=CC(C)(C)C. The van der Waals surface area contributed by atoms with E-state index in [0.717, 1.165) is 0 Å². The molecule has 0 heterocycles. The highest BCUT2D eigenvalue weighted by molar-refractivity contribution is 5.64. The largest absolute Gasteiger partial charge is 0.480 e. The Kier molecular flexibility index (Phi) is 3.65. The first-order valence-electron chi connectivity index (χ1n) is 3.43. The van der Waals surface area contributed by atoms with Gasteiger partial charge >= 0.3 is 0 Å². The number of hydrogen-bond donors (Lipinski definition) is 1. The van der Waals surface area contributed by atoms with Crippen molar-refractivity contribution in [2.75, 3.05) is 7.11 Å². The van der Waals surface area contributed by atoms with Gasteiger partial charge in [0.2, 0.25) is 0 Å². The van der Waals surface area contributed by atoms with Crippen molar-refractivity contribution in [1.29, 1.82) is 0 Å². The van der Waals surface area contributed by atoms with Crippen molar-refractivity contribution in [2.24, 2.45) is 10.4 Å². The predicted octanol–water partition coefficient (Wildman–Crippen LogP) is 2.11. The van der Waals surface area contributed by atoms with Gasteiger partial charge < -0.3 is 9.84 Å². The third-order valence-electron chi connectivity index (χ3n) is 0.856. The van der Waals surface area contributed by atoms with Crippen LogP contribution in [0.5, 0.6) is 0 Å². The molecule has 0 radical (unpaired) electrons. The van der Waals surface area contributed by atoms with Crippen molar-refractivity contribution in [1.82, 2.24) is 0 Å². The van der Waals surface area contributed by atoms with Crippen LogP contribution in [-0.2, 0) is 4.74 Å². The molecule has 0 saturated carbocycles. The van der Waals surface area contributed by atoms with E-state index in [9.17, 15) is 0 Å². The summed E-state index contributed by atoms with van der Waals surface area (Å²) < 4.78 is 4.47. The van der Waals surface area contributed by atoms with E-state index in [-0.39, 0.29) is 11.4 Å². The van der Waals surface area contributed by atoms with Gasteiger partial charge in [0.05, 0.1) is 7.11 Å². The Morgan fingerprint density at radius 2 is 2.00 bits per heavy atom. The van der Waals surface area contributed by atoms with Crippen LogP contribution in [-0.4, -0.2) is 18.4 Å². The second-order valence-electron chi connectivity index (χ2n) is 3.32. The molecule has 0 spiro atoms. The zero-order valence-electron chi connectivity index (χ0n) is 7.46. The molecule has 0 fully saturated rings. The highest BCUT2D eigenvalue weighted by atomic mass is 16.6. The number of ether oxygens (including phenoxy) is 1. The van der Waals surface area contributed by atoms with Crippen LogP contribution in [0.2, 0.25) is 0 Å². The lowest BCUT2D eigenvalue weighted by atomic mass is 9.99. The first kappa shape index (κ1) is 10.0. The highest BCUT2D eigenvalue weighted by Crippen LogP contribution is 2.08. The number of methoxy groups -OCH3 is 1. The van der Waals surface area contributed by atoms with Crippen LogP contribution in [0, 0.1) is 5.41 Å². The van der Waals surface area contributed by atoms with Crippen molar-refractivity contribution >= 4 is 6.21 Å². The van der Waals surface area contributed by atoms with Crippen LogP contribution in [0.25, 0.3) is 0 Å². The molecule has 3 nitrogen and oxygen atoms in total. The molecule has 0 unspecified atom stereocenters. The zero-order valence-corrected chi connectivity index (χ0v) is 7.46. The normalized spacial score (nSPS) is 14.0. The Morgan fingerprint density at radius 3 is 2.36 bits per heavy atom. The number of hydrogen-bond acceptors (Lipinski definition) is 3. The summed E-state index contributed by atoms with van der Waals surface area (Å²) >= 11 is 0. The van der Waals surface area contributed by atoms with Gasteiger partial charge in [-0.3, -0.25) is 4.99 Å². The first-order valence-corrected chi connectivity index (χ1v) is 3.43. The summed E-state index contributed by atoms with van der Waals surface area (Å²) in [7, 11) is 1.39. The van der Waals surface area contributed by atoms with E-state index in [4.69, 9.17) is 5.11 Å². The Hall–Kier alpha value is -0.990. The molecule has 1 N–H and O–H groups in total. The summed E-state index contributed by atoms with van der Waals surface area (Å²) in [5.74, 6) is -0.175. The van der Waals surface area contributed by atoms with Crippen LogP contribution in [0.3, 0.4) is 0 Å². The Bertz CT molecular complexity index is 165. The molecule has 0 atom stereocenters. The average Bonchev–Trinajstić information content (AvgIpc) is 1.85. The topological polar surface area (TPSA) is 41.8 Å². The fraction of sp³-hybridized carbons (Fsp3) is 0.625. The van der Waals surface area contributed by atoms with Crippen molar-refractivity contribution in [3.63, 3.8) is 0 Å². The summed E-state index contributed by atoms with van der Waals surface area (Å²) in [5.41, 5.74) is 0.0323. The molecule has 0 aliphatic rings. The van der Waals surface area contributed by atoms with Crippen molar-refractivity contribution in [3.8, 4) is 0 Å². The minimum absolute atomic E-state index is 0.0323. The maximum Gasteiger partial charge on any atom is 0.295 e. The van der Waals surface area contributed by atoms with Gasteiger partial charge in [0.1, 0.15) is 6.20 Å².